The lowest BCUT2D eigenvalue weighted by Crippen LogP contribution is -2.20. The third-order valence-corrected chi connectivity index (χ3v) is 2.98. The molecule has 5 heteroatoms. The van der Waals surface area contributed by atoms with Crippen LogP contribution in [0.1, 0.15) is 6.92 Å². The van der Waals surface area contributed by atoms with Gasteiger partial charge in [0.2, 0.25) is 5.91 Å². The first-order chi connectivity index (χ1) is 6.50. The lowest BCUT2D eigenvalue weighted by atomic mass is 10.3. The molecule has 0 spiro atoms. The maximum absolute atomic E-state index is 11.4. The molecular weight excluding hydrogens is 330 g/mol. The van der Waals surface area contributed by atoms with Crippen molar-refractivity contribution in [3.8, 4) is 0 Å². The Balaban J connectivity index is 2.86. The van der Waals surface area contributed by atoms with Crippen molar-refractivity contribution in [3.63, 3.8) is 0 Å². The van der Waals surface area contributed by atoms with Gasteiger partial charge in [-0.3, -0.25) is 4.79 Å². The van der Waals surface area contributed by atoms with E-state index in [1.165, 1.54) is 0 Å². The summed E-state index contributed by atoms with van der Waals surface area (Å²) < 4.78 is 1.77. The fourth-order valence-electron chi connectivity index (χ4n) is 0.830. The molecule has 14 heavy (non-hydrogen) atoms. The van der Waals surface area contributed by atoms with Gasteiger partial charge in [-0.15, -0.1) is 0 Å². The summed E-state index contributed by atoms with van der Waals surface area (Å²) in [4.78, 5) is 11.4. The van der Waals surface area contributed by atoms with Gasteiger partial charge in [0, 0.05) is 8.95 Å². The van der Waals surface area contributed by atoms with Crippen LogP contribution in [0.5, 0.6) is 0 Å². The Kier molecular flexibility index (Phi) is 4.47. The summed E-state index contributed by atoms with van der Waals surface area (Å²) >= 11 is 10.7. The highest BCUT2D eigenvalue weighted by molar-refractivity contribution is 9.11. The Morgan fingerprint density at radius 1 is 1.50 bits per heavy atom. The predicted molar refractivity (Wildman–Crippen MR) is 68.9 cm³/mol. The normalized spacial score (nSPS) is 12.3. The van der Waals surface area contributed by atoms with Crippen molar-refractivity contribution >= 4 is 56.1 Å². The van der Waals surface area contributed by atoms with Crippen LogP contribution in [0.15, 0.2) is 27.1 Å². The summed E-state index contributed by atoms with van der Waals surface area (Å²) in [6.07, 6.45) is 0. The molecule has 1 aromatic carbocycles. The highest BCUT2D eigenvalue weighted by Crippen LogP contribution is 2.26. The molecule has 0 aliphatic rings. The number of anilines is 1. The maximum Gasteiger partial charge on any atom is 0.236 e. The number of thiol groups is 1. The fraction of sp³-hybridized carbons (Fsp3) is 0.222. The van der Waals surface area contributed by atoms with E-state index in [9.17, 15) is 4.79 Å². The van der Waals surface area contributed by atoms with E-state index in [0.717, 1.165) is 14.6 Å². The highest BCUT2D eigenvalue weighted by atomic mass is 79.9. The molecule has 1 amide bonds. The third kappa shape index (κ3) is 3.29. The van der Waals surface area contributed by atoms with Crippen LogP contribution in [0.4, 0.5) is 5.69 Å². The van der Waals surface area contributed by atoms with Crippen LogP contribution in [0.25, 0.3) is 0 Å². The number of hydrogen-bond acceptors (Lipinski definition) is 2. The number of hydrogen-bond donors (Lipinski definition) is 2. The molecule has 0 saturated carbocycles. The molecule has 0 bridgehead atoms. The monoisotopic (exact) mass is 337 g/mol. The van der Waals surface area contributed by atoms with E-state index >= 15 is 0 Å². The number of carbonyl (C=O) groups is 1. The van der Waals surface area contributed by atoms with E-state index in [0.29, 0.717) is 0 Å². The van der Waals surface area contributed by atoms with E-state index < -0.39 is 0 Å². The minimum Gasteiger partial charge on any atom is -0.324 e. The van der Waals surface area contributed by atoms with Crippen LogP contribution in [-0.2, 0) is 4.79 Å². The summed E-state index contributed by atoms with van der Waals surface area (Å²) in [6, 6.07) is 5.59. The summed E-state index contributed by atoms with van der Waals surface area (Å²) in [5.74, 6) is -0.118. The minimum atomic E-state index is -0.319. The van der Waals surface area contributed by atoms with Crippen LogP contribution in [0.3, 0.4) is 0 Å². The Bertz CT molecular complexity index is 355. The first-order valence-electron chi connectivity index (χ1n) is 3.94. The number of amides is 1. The molecule has 1 aromatic rings. The SMILES string of the molecule is CC(S)C(=O)Nc1cc(Br)ccc1Br. The molecule has 1 unspecified atom stereocenters. The lowest BCUT2D eigenvalue weighted by molar-refractivity contribution is -0.115. The number of benzene rings is 1. The van der Waals surface area contributed by atoms with Crippen molar-refractivity contribution in [1.29, 1.82) is 0 Å². The zero-order valence-electron chi connectivity index (χ0n) is 7.42. The van der Waals surface area contributed by atoms with Crippen molar-refractivity contribution in [3.05, 3.63) is 27.1 Å². The molecule has 1 atom stereocenters. The molecule has 1 N–H and O–H groups in total. The highest BCUT2D eigenvalue weighted by Gasteiger charge is 2.09. The number of rotatable bonds is 2. The average Bonchev–Trinajstić information content (AvgIpc) is 2.11. The predicted octanol–water partition coefficient (Wildman–Crippen LogP) is 3.47. The smallest absolute Gasteiger partial charge is 0.236 e. The van der Waals surface area contributed by atoms with Crippen molar-refractivity contribution in [2.75, 3.05) is 5.32 Å². The molecule has 76 valence electrons. The van der Waals surface area contributed by atoms with Crippen LogP contribution in [0.2, 0.25) is 0 Å². The van der Waals surface area contributed by atoms with Gasteiger partial charge in [0.15, 0.2) is 0 Å². The van der Waals surface area contributed by atoms with Gasteiger partial charge >= 0.3 is 0 Å². The van der Waals surface area contributed by atoms with Crippen LogP contribution in [-0.4, -0.2) is 11.2 Å². The van der Waals surface area contributed by atoms with Gasteiger partial charge in [-0.05, 0) is 41.1 Å². The number of carbonyl (C=O) groups excluding carboxylic acids is 1. The van der Waals surface area contributed by atoms with Crippen LogP contribution < -0.4 is 5.32 Å². The minimum absolute atomic E-state index is 0.118. The van der Waals surface area contributed by atoms with Gasteiger partial charge in [-0.1, -0.05) is 15.9 Å². The fourth-order valence-corrected chi connectivity index (χ4v) is 1.60. The molecule has 1 rings (SSSR count). The zero-order valence-corrected chi connectivity index (χ0v) is 11.5. The maximum atomic E-state index is 11.4. The molecule has 0 aliphatic heterocycles. The van der Waals surface area contributed by atoms with Gasteiger partial charge in [0.05, 0.1) is 10.9 Å². The van der Waals surface area contributed by atoms with E-state index in [2.05, 4.69) is 49.8 Å². The standard InChI is InChI=1S/C9H9Br2NOS/c1-5(14)9(13)12-8-4-6(10)2-3-7(8)11/h2-5,14H,1H3,(H,12,13). The van der Waals surface area contributed by atoms with E-state index in [4.69, 9.17) is 0 Å². The van der Waals surface area contributed by atoms with Gasteiger partial charge in [0.25, 0.3) is 0 Å². The van der Waals surface area contributed by atoms with Crippen LogP contribution in [0, 0.1) is 0 Å². The van der Waals surface area contributed by atoms with E-state index in [1.807, 2.05) is 18.2 Å². The molecule has 0 fully saturated rings. The molecule has 0 heterocycles. The average molecular weight is 339 g/mol. The van der Waals surface area contributed by atoms with Gasteiger partial charge < -0.3 is 5.32 Å². The molecule has 0 aromatic heterocycles. The van der Waals surface area contributed by atoms with Gasteiger partial charge in [-0.2, -0.15) is 12.6 Å². The molecule has 2 nitrogen and oxygen atoms in total. The first-order valence-corrected chi connectivity index (χ1v) is 6.05. The summed E-state index contributed by atoms with van der Waals surface area (Å²) in [6.45, 7) is 1.73. The Morgan fingerprint density at radius 3 is 2.71 bits per heavy atom. The molecule has 0 aliphatic carbocycles. The van der Waals surface area contributed by atoms with E-state index in [-0.39, 0.29) is 11.2 Å². The first kappa shape index (κ1) is 12.1. The lowest BCUT2D eigenvalue weighted by Gasteiger charge is -2.09. The molecular formula is C9H9Br2NOS. The number of halogens is 2. The Hall–Kier alpha value is -0.000000000000000111. The second-order valence-corrected chi connectivity index (χ2v) is 5.33. The van der Waals surface area contributed by atoms with Crippen LogP contribution >= 0.6 is 44.5 Å². The van der Waals surface area contributed by atoms with Gasteiger partial charge in [-0.25, -0.2) is 0 Å². The Morgan fingerprint density at radius 2 is 2.14 bits per heavy atom. The topological polar surface area (TPSA) is 29.1 Å². The summed E-state index contributed by atoms with van der Waals surface area (Å²) in [7, 11) is 0. The number of nitrogens with one attached hydrogen (secondary N) is 1. The molecule has 0 saturated heterocycles. The van der Waals surface area contributed by atoms with Crippen molar-refractivity contribution in [2.24, 2.45) is 0 Å². The van der Waals surface area contributed by atoms with Crippen molar-refractivity contribution in [1.82, 2.24) is 0 Å². The summed E-state index contributed by atoms with van der Waals surface area (Å²) in [5.41, 5.74) is 0.741. The summed E-state index contributed by atoms with van der Waals surface area (Å²) in [5, 5.41) is 2.44. The second kappa shape index (κ2) is 5.19. The third-order valence-electron chi connectivity index (χ3n) is 1.57. The van der Waals surface area contributed by atoms with Crippen molar-refractivity contribution in [2.45, 2.75) is 12.2 Å². The molecule has 0 radical (unpaired) electrons. The van der Waals surface area contributed by atoms with E-state index in [1.54, 1.807) is 6.92 Å². The Labute approximate surface area is 105 Å². The zero-order chi connectivity index (χ0) is 10.7. The van der Waals surface area contributed by atoms with Crippen molar-refractivity contribution < 1.29 is 4.79 Å². The quantitative estimate of drug-likeness (QED) is 0.794. The second-order valence-electron chi connectivity index (χ2n) is 2.79. The van der Waals surface area contributed by atoms with Gasteiger partial charge in [0.1, 0.15) is 0 Å². The largest absolute Gasteiger partial charge is 0.324 e.